The van der Waals surface area contributed by atoms with Gasteiger partial charge in [0, 0.05) is 47.6 Å². The molecule has 54 heavy (non-hydrogen) atoms. The number of thiophene rings is 1. The molecule has 8 aromatic carbocycles. The van der Waals surface area contributed by atoms with Crippen molar-refractivity contribution in [2.75, 3.05) is 0 Å². The van der Waals surface area contributed by atoms with Crippen molar-refractivity contribution in [1.29, 1.82) is 0 Å². The van der Waals surface area contributed by atoms with Crippen LogP contribution in [0.3, 0.4) is 0 Å². The second kappa shape index (κ2) is 12.3. The molecular formula is C49H30N4S. The minimum atomic E-state index is 0.627. The van der Waals surface area contributed by atoms with E-state index in [1.54, 1.807) is 11.3 Å². The van der Waals surface area contributed by atoms with E-state index in [0.29, 0.717) is 17.5 Å². The van der Waals surface area contributed by atoms with Gasteiger partial charge in [-0.15, -0.1) is 11.3 Å². The third kappa shape index (κ3) is 4.94. The highest BCUT2D eigenvalue weighted by Crippen LogP contribution is 2.41. The fourth-order valence-electron chi connectivity index (χ4n) is 7.92. The summed E-state index contributed by atoms with van der Waals surface area (Å²) >= 11 is 1.79. The van der Waals surface area contributed by atoms with Crippen LogP contribution in [0.15, 0.2) is 182 Å². The first-order valence-electron chi connectivity index (χ1n) is 18.1. The number of aromatic nitrogens is 4. The number of rotatable bonds is 5. The number of nitrogens with zero attached hydrogens (tertiary/aromatic N) is 4. The largest absolute Gasteiger partial charge is 0.309 e. The molecule has 3 heterocycles. The summed E-state index contributed by atoms with van der Waals surface area (Å²) in [7, 11) is 0. The van der Waals surface area contributed by atoms with E-state index in [1.807, 2.05) is 0 Å². The third-order valence-electron chi connectivity index (χ3n) is 10.5. The summed E-state index contributed by atoms with van der Waals surface area (Å²) in [6.07, 6.45) is 0. The Bertz CT molecular complexity index is 3190. The Morgan fingerprint density at radius 3 is 1.78 bits per heavy atom. The zero-order valence-electron chi connectivity index (χ0n) is 29.0. The molecule has 11 rings (SSSR count). The Hall–Kier alpha value is -6.95. The lowest BCUT2D eigenvalue weighted by atomic mass is 9.99. The summed E-state index contributed by atoms with van der Waals surface area (Å²) in [4.78, 5) is 15.9. The highest BCUT2D eigenvalue weighted by atomic mass is 32.1. The van der Waals surface area contributed by atoms with Crippen LogP contribution in [0.5, 0.6) is 0 Å². The van der Waals surface area contributed by atoms with E-state index in [4.69, 9.17) is 15.0 Å². The number of benzene rings is 8. The monoisotopic (exact) mass is 706 g/mol. The van der Waals surface area contributed by atoms with Gasteiger partial charge in [0.15, 0.2) is 17.5 Å². The van der Waals surface area contributed by atoms with E-state index in [0.717, 1.165) is 44.5 Å². The average molecular weight is 707 g/mol. The summed E-state index contributed by atoms with van der Waals surface area (Å²) in [6.45, 7) is 0. The molecule has 4 nitrogen and oxygen atoms in total. The second-order valence-electron chi connectivity index (χ2n) is 13.6. The van der Waals surface area contributed by atoms with Crippen molar-refractivity contribution in [1.82, 2.24) is 19.5 Å². The Morgan fingerprint density at radius 2 is 0.944 bits per heavy atom. The van der Waals surface area contributed by atoms with Gasteiger partial charge in [0.2, 0.25) is 0 Å². The van der Waals surface area contributed by atoms with Crippen LogP contribution in [0.2, 0.25) is 0 Å². The molecule has 0 N–H and O–H groups in total. The quantitative estimate of drug-likeness (QED) is 0.179. The van der Waals surface area contributed by atoms with E-state index < -0.39 is 0 Å². The summed E-state index contributed by atoms with van der Waals surface area (Å²) in [6, 6.07) is 64.4. The van der Waals surface area contributed by atoms with Crippen LogP contribution >= 0.6 is 11.3 Å². The SMILES string of the molecule is c1cc(-c2ccc3ccccc3c2)cc(-c2nc(-c3ccccc3-n3c4ccccc4c4ccccc43)nc(-c3cccc4c3sc3ccccc34)n2)c1. The zero-order valence-corrected chi connectivity index (χ0v) is 29.8. The molecule has 5 heteroatoms. The second-order valence-corrected chi connectivity index (χ2v) is 14.7. The molecule has 3 aromatic heterocycles. The molecule has 0 saturated heterocycles. The van der Waals surface area contributed by atoms with Crippen LogP contribution in [0.25, 0.3) is 104 Å². The molecule has 252 valence electrons. The van der Waals surface area contributed by atoms with Gasteiger partial charge in [-0.1, -0.05) is 133 Å². The molecule has 0 bridgehead atoms. The Morgan fingerprint density at radius 1 is 0.370 bits per heavy atom. The molecule has 0 aliphatic carbocycles. The van der Waals surface area contributed by atoms with Gasteiger partial charge in [0.25, 0.3) is 0 Å². The Labute approximate surface area is 315 Å². The van der Waals surface area contributed by atoms with Gasteiger partial charge < -0.3 is 4.57 Å². The van der Waals surface area contributed by atoms with Crippen LogP contribution < -0.4 is 0 Å². The number of hydrogen-bond donors (Lipinski definition) is 0. The normalized spacial score (nSPS) is 11.7. The van der Waals surface area contributed by atoms with Crippen molar-refractivity contribution in [2.24, 2.45) is 0 Å². The fraction of sp³-hybridized carbons (Fsp3) is 0. The maximum atomic E-state index is 5.34. The predicted octanol–water partition coefficient (Wildman–Crippen LogP) is 13.2. The molecule has 0 radical (unpaired) electrons. The molecular weight excluding hydrogens is 677 g/mol. The van der Waals surface area contributed by atoms with Gasteiger partial charge in [-0.05, 0) is 70.4 Å². The Kier molecular flexibility index (Phi) is 7.00. The molecule has 0 spiro atoms. The van der Waals surface area contributed by atoms with Crippen LogP contribution in [0.1, 0.15) is 0 Å². The van der Waals surface area contributed by atoms with E-state index in [1.165, 1.54) is 41.7 Å². The van der Waals surface area contributed by atoms with Crippen molar-refractivity contribution in [3.63, 3.8) is 0 Å². The maximum absolute atomic E-state index is 5.34. The summed E-state index contributed by atoms with van der Waals surface area (Å²) < 4.78 is 4.76. The first-order chi connectivity index (χ1) is 26.8. The summed E-state index contributed by atoms with van der Waals surface area (Å²) in [5, 5.41) is 7.31. The molecule has 0 amide bonds. The predicted molar refractivity (Wildman–Crippen MR) is 226 cm³/mol. The molecule has 0 aliphatic rings. The topological polar surface area (TPSA) is 43.6 Å². The zero-order chi connectivity index (χ0) is 35.6. The molecule has 0 fully saturated rings. The van der Waals surface area contributed by atoms with Crippen molar-refractivity contribution in [2.45, 2.75) is 0 Å². The van der Waals surface area contributed by atoms with Gasteiger partial charge in [0.05, 0.1) is 16.7 Å². The van der Waals surface area contributed by atoms with Crippen LogP contribution in [0.4, 0.5) is 0 Å². The molecule has 0 unspecified atom stereocenters. The van der Waals surface area contributed by atoms with Crippen LogP contribution in [-0.4, -0.2) is 19.5 Å². The minimum absolute atomic E-state index is 0.627. The van der Waals surface area contributed by atoms with E-state index >= 15 is 0 Å². The molecule has 0 aliphatic heterocycles. The van der Waals surface area contributed by atoms with Gasteiger partial charge in [-0.25, -0.2) is 15.0 Å². The molecule has 0 atom stereocenters. The smallest absolute Gasteiger partial charge is 0.166 e. The number of para-hydroxylation sites is 3. The van der Waals surface area contributed by atoms with Crippen molar-refractivity contribution >= 4 is 64.1 Å². The van der Waals surface area contributed by atoms with Crippen molar-refractivity contribution in [3.05, 3.63) is 182 Å². The van der Waals surface area contributed by atoms with Gasteiger partial charge in [-0.2, -0.15) is 0 Å². The highest BCUT2D eigenvalue weighted by molar-refractivity contribution is 7.26. The van der Waals surface area contributed by atoms with Crippen molar-refractivity contribution < 1.29 is 0 Å². The maximum Gasteiger partial charge on any atom is 0.166 e. The van der Waals surface area contributed by atoms with E-state index in [-0.39, 0.29) is 0 Å². The average Bonchev–Trinajstić information content (AvgIpc) is 3.79. The number of fused-ring (bicyclic) bond motifs is 7. The van der Waals surface area contributed by atoms with E-state index in [2.05, 4.69) is 187 Å². The van der Waals surface area contributed by atoms with Crippen LogP contribution in [0, 0.1) is 0 Å². The lowest BCUT2D eigenvalue weighted by Crippen LogP contribution is -2.03. The van der Waals surface area contributed by atoms with Crippen molar-refractivity contribution in [3.8, 4) is 51.0 Å². The molecule has 11 aromatic rings. The third-order valence-corrected chi connectivity index (χ3v) is 11.7. The van der Waals surface area contributed by atoms with Gasteiger partial charge in [-0.3, -0.25) is 0 Å². The highest BCUT2D eigenvalue weighted by Gasteiger charge is 2.20. The van der Waals surface area contributed by atoms with Crippen LogP contribution in [-0.2, 0) is 0 Å². The van der Waals surface area contributed by atoms with E-state index in [9.17, 15) is 0 Å². The summed E-state index contributed by atoms with van der Waals surface area (Å²) in [5.74, 6) is 1.91. The first-order valence-corrected chi connectivity index (χ1v) is 18.9. The standard InChI is InChI=1S/C49H30N4S/c1-2-14-32-29-34(28-27-31(32)13-1)33-15-11-16-35(30-33)47-50-48(52-49(51-47)41-22-12-21-39-38-19-6-10-26-45(38)54-46(39)41)40-20-5-9-25-44(40)53-42-23-7-3-17-36(42)37-18-4-8-24-43(37)53/h1-30H. The fourth-order valence-corrected chi connectivity index (χ4v) is 9.13. The van der Waals surface area contributed by atoms with Gasteiger partial charge in [0.1, 0.15) is 0 Å². The lowest BCUT2D eigenvalue weighted by molar-refractivity contribution is 1.07. The molecule has 0 saturated carbocycles. The minimum Gasteiger partial charge on any atom is -0.309 e. The Balaban J connectivity index is 1.16. The lowest BCUT2D eigenvalue weighted by Gasteiger charge is -2.15. The van der Waals surface area contributed by atoms with Gasteiger partial charge >= 0.3 is 0 Å². The number of hydrogen-bond acceptors (Lipinski definition) is 4. The summed E-state index contributed by atoms with van der Waals surface area (Å²) in [5.41, 5.74) is 8.42. The first kappa shape index (κ1) is 30.7.